The van der Waals surface area contributed by atoms with E-state index in [4.69, 9.17) is 22.1 Å². The van der Waals surface area contributed by atoms with E-state index in [1.54, 1.807) is 0 Å². The maximum Gasteiger partial charge on any atom is 0.310 e. The number of likely N-dealkylation sites (tertiary alicyclic amines) is 1. The molecule has 1 saturated heterocycles. The minimum absolute atomic E-state index is 0.0309. The summed E-state index contributed by atoms with van der Waals surface area (Å²) in [5.41, 5.74) is 5.29. The molecule has 1 aliphatic heterocycles. The number of hydrogen-bond donors (Lipinski definition) is 1. The van der Waals surface area contributed by atoms with Crippen LogP contribution >= 0.6 is 11.6 Å². The monoisotopic (exact) mass is 356 g/mol. The number of ether oxygens (including phenoxy) is 1. The molecule has 2 amide bonds. The standard InChI is InChI=1S/C16H18ClFN2O4/c17-12-4-1-5-13(18)11(12)7-15(22)24-9-14(21)20-6-2-3-10(8-20)16(19)23/h1,4-5,10H,2-3,6-9H2,(H2,19,23)/t10-/m0/s1. The van der Waals surface area contributed by atoms with Gasteiger partial charge in [-0.2, -0.15) is 0 Å². The number of benzene rings is 1. The molecule has 0 saturated carbocycles. The van der Waals surface area contributed by atoms with Gasteiger partial charge in [-0.05, 0) is 25.0 Å². The molecule has 0 aromatic heterocycles. The van der Waals surface area contributed by atoms with E-state index in [2.05, 4.69) is 0 Å². The van der Waals surface area contributed by atoms with Crippen LogP contribution in [0.4, 0.5) is 4.39 Å². The molecule has 2 N–H and O–H groups in total. The summed E-state index contributed by atoms with van der Waals surface area (Å²) in [5.74, 6) is -2.59. The third-order valence-corrected chi connectivity index (χ3v) is 4.27. The van der Waals surface area contributed by atoms with E-state index >= 15 is 0 Å². The average molecular weight is 357 g/mol. The molecule has 8 heteroatoms. The van der Waals surface area contributed by atoms with Gasteiger partial charge in [0.1, 0.15) is 5.82 Å². The molecule has 24 heavy (non-hydrogen) atoms. The highest BCUT2D eigenvalue weighted by atomic mass is 35.5. The maximum atomic E-state index is 13.6. The minimum Gasteiger partial charge on any atom is -0.455 e. The molecule has 0 bridgehead atoms. The van der Waals surface area contributed by atoms with Crippen molar-refractivity contribution in [2.24, 2.45) is 11.7 Å². The Morgan fingerprint density at radius 2 is 2.12 bits per heavy atom. The molecule has 1 aliphatic rings. The van der Waals surface area contributed by atoms with E-state index < -0.39 is 30.2 Å². The van der Waals surface area contributed by atoms with Crippen molar-refractivity contribution >= 4 is 29.4 Å². The summed E-state index contributed by atoms with van der Waals surface area (Å²) in [7, 11) is 0. The lowest BCUT2D eigenvalue weighted by atomic mass is 9.97. The second-order valence-corrected chi connectivity index (χ2v) is 6.03. The zero-order chi connectivity index (χ0) is 17.7. The van der Waals surface area contributed by atoms with Gasteiger partial charge >= 0.3 is 5.97 Å². The van der Waals surface area contributed by atoms with Crippen molar-refractivity contribution in [2.45, 2.75) is 19.3 Å². The Bertz CT molecular complexity index is 633. The molecule has 130 valence electrons. The van der Waals surface area contributed by atoms with Crippen LogP contribution in [0, 0.1) is 11.7 Å². The Morgan fingerprint density at radius 3 is 2.79 bits per heavy atom. The summed E-state index contributed by atoms with van der Waals surface area (Å²) in [5, 5.41) is 0.124. The molecule has 0 radical (unpaired) electrons. The molecule has 0 aliphatic carbocycles. The second kappa shape index (κ2) is 8.10. The molecule has 1 heterocycles. The van der Waals surface area contributed by atoms with Gasteiger partial charge in [0.05, 0.1) is 12.3 Å². The Labute approximate surface area is 143 Å². The predicted molar refractivity (Wildman–Crippen MR) is 84.6 cm³/mol. The number of carbonyl (C=O) groups is 3. The van der Waals surface area contributed by atoms with E-state index in [0.717, 1.165) is 0 Å². The third-order valence-electron chi connectivity index (χ3n) is 3.92. The minimum atomic E-state index is -0.751. The van der Waals surface area contributed by atoms with Gasteiger partial charge in [0.25, 0.3) is 5.91 Å². The molecule has 6 nitrogen and oxygen atoms in total. The number of nitrogens with zero attached hydrogens (tertiary/aromatic N) is 1. The number of amides is 2. The van der Waals surface area contributed by atoms with Crippen LogP contribution in [-0.2, 0) is 25.5 Å². The highest BCUT2D eigenvalue weighted by Gasteiger charge is 2.27. The maximum absolute atomic E-state index is 13.6. The van der Waals surface area contributed by atoms with E-state index in [0.29, 0.717) is 19.4 Å². The molecule has 0 spiro atoms. The molecular weight excluding hydrogens is 339 g/mol. The summed E-state index contributed by atoms with van der Waals surface area (Å²) < 4.78 is 18.5. The quantitative estimate of drug-likeness (QED) is 0.805. The van der Waals surface area contributed by atoms with Gasteiger partial charge in [-0.25, -0.2) is 4.39 Å². The van der Waals surface area contributed by atoms with Crippen molar-refractivity contribution in [1.29, 1.82) is 0 Å². The highest BCUT2D eigenvalue weighted by molar-refractivity contribution is 6.31. The lowest BCUT2D eigenvalue weighted by molar-refractivity contribution is -0.152. The average Bonchev–Trinajstić information content (AvgIpc) is 2.56. The van der Waals surface area contributed by atoms with Crippen LogP contribution in [0.1, 0.15) is 18.4 Å². The number of halogens is 2. The Morgan fingerprint density at radius 1 is 1.38 bits per heavy atom. The van der Waals surface area contributed by atoms with Gasteiger partial charge in [-0.1, -0.05) is 17.7 Å². The number of esters is 1. The fraction of sp³-hybridized carbons (Fsp3) is 0.438. The number of carbonyl (C=O) groups excluding carboxylic acids is 3. The lowest BCUT2D eigenvalue weighted by Gasteiger charge is -2.31. The fourth-order valence-electron chi connectivity index (χ4n) is 2.57. The van der Waals surface area contributed by atoms with Crippen LogP contribution in [-0.4, -0.2) is 42.4 Å². The Hall–Kier alpha value is -2.15. The normalized spacial score (nSPS) is 17.4. The summed E-state index contributed by atoms with van der Waals surface area (Å²) >= 11 is 5.84. The lowest BCUT2D eigenvalue weighted by Crippen LogP contribution is -2.45. The Kier molecular flexibility index (Phi) is 6.14. The topological polar surface area (TPSA) is 89.7 Å². The van der Waals surface area contributed by atoms with Crippen LogP contribution in [0.3, 0.4) is 0 Å². The van der Waals surface area contributed by atoms with Crippen LogP contribution in [0.25, 0.3) is 0 Å². The number of nitrogens with two attached hydrogens (primary N) is 1. The predicted octanol–water partition coefficient (Wildman–Crippen LogP) is 1.29. The summed E-state index contributed by atoms with van der Waals surface area (Å²) in [4.78, 5) is 36.5. The zero-order valence-electron chi connectivity index (χ0n) is 13.0. The van der Waals surface area contributed by atoms with Crippen molar-refractivity contribution in [3.05, 3.63) is 34.6 Å². The molecule has 2 rings (SSSR count). The van der Waals surface area contributed by atoms with Gasteiger partial charge in [0, 0.05) is 23.7 Å². The van der Waals surface area contributed by atoms with Crippen molar-refractivity contribution in [3.8, 4) is 0 Å². The third kappa shape index (κ3) is 4.67. The smallest absolute Gasteiger partial charge is 0.310 e. The van der Waals surface area contributed by atoms with Crippen molar-refractivity contribution in [2.75, 3.05) is 19.7 Å². The molecule has 1 aromatic carbocycles. The van der Waals surface area contributed by atoms with Crippen molar-refractivity contribution < 1.29 is 23.5 Å². The molecule has 1 fully saturated rings. The van der Waals surface area contributed by atoms with E-state index in [1.165, 1.54) is 23.1 Å². The van der Waals surface area contributed by atoms with E-state index in [9.17, 15) is 18.8 Å². The molecular formula is C16H18ClFN2O4. The molecule has 1 atom stereocenters. The number of hydrogen-bond acceptors (Lipinski definition) is 4. The number of piperidine rings is 1. The van der Waals surface area contributed by atoms with Crippen LogP contribution in [0.15, 0.2) is 18.2 Å². The summed E-state index contributed by atoms with van der Waals surface area (Å²) in [6.07, 6.45) is 0.950. The molecule has 1 aromatic rings. The van der Waals surface area contributed by atoms with Gasteiger partial charge in [0.2, 0.25) is 5.91 Å². The SMILES string of the molecule is NC(=O)[C@H]1CCCN(C(=O)COC(=O)Cc2c(F)cccc2Cl)C1. The van der Waals surface area contributed by atoms with Crippen LogP contribution < -0.4 is 5.73 Å². The number of primary amides is 1. The van der Waals surface area contributed by atoms with Crippen LogP contribution in [0.2, 0.25) is 5.02 Å². The van der Waals surface area contributed by atoms with Crippen LogP contribution in [0.5, 0.6) is 0 Å². The fourth-order valence-corrected chi connectivity index (χ4v) is 2.80. The van der Waals surface area contributed by atoms with Crippen molar-refractivity contribution in [3.63, 3.8) is 0 Å². The number of rotatable bonds is 5. The Balaban J connectivity index is 1.85. The van der Waals surface area contributed by atoms with E-state index in [-0.39, 0.29) is 29.5 Å². The zero-order valence-corrected chi connectivity index (χ0v) is 13.7. The highest BCUT2D eigenvalue weighted by Crippen LogP contribution is 2.20. The first-order chi connectivity index (χ1) is 11.4. The summed E-state index contributed by atoms with van der Waals surface area (Å²) in [6.45, 7) is 0.251. The first-order valence-corrected chi connectivity index (χ1v) is 7.92. The molecule has 0 unspecified atom stereocenters. The first kappa shape index (κ1) is 18.2. The largest absolute Gasteiger partial charge is 0.455 e. The summed E-state index contributed by atoms with van der Waals surface area (Å²) in [6, 6.07) is 4.09. The van der Waals surface area contributed by atoms with Gasteiger partial charge < -0.3 is 15.4 Å². The van der Waals surface area contributed by atoms with Gasteiger partial charge in [-0.3, -0.25) is 14.4 Å². The van der Waals surface area contributed by atoms with Gasteiger partial charge in [-0.15, -0.1) is 0 Å². The van der Waals surface area contributed by atoms with Crippen molar-refractivity contribution in [1.82, 2.24) is 4.90 Å². The van der Waals surface area contributed by atoms with Gasteiger partial charge in [0.15, 0.2) is 6.61 Å². The second-order valence-electron chi connectivity index (χ2n) is 5.62. The van der Waals surface area contributed by atoms with E-state index in [1.807, 2.05) is 0 Å². The first-order valence-electron chi connectivity index (χ1n) is 7.54.